The number of carbonyl (C=O) groups is 2. The Kier molecular flexibility index (Phi) is 5.21. The third-order valence-electron chi connectivity index (χ3n) is 2.76. The van der Waals surface area contributed by atoms with Crippen molar-refractivity contribution in [3.63, 3.8) is 0 Å². The number of nitrogens with zero attached hydrogens (tertiary/aromatic N) is 2. The van der Waals surface area contributed by atoms with Crippen LogP contribution in [0.2, 0.25) is 0 Å². The van der Waals surface area contributed by atoms with Gasteiger partial charge in [0, 0.05) is 26.2 Å². The molecule has 1 rings (SSSR count). The van der Waals surface area contributed by atoms with Gasteiger partial charge in [0.2, 0.25) is 0 Å². The molecule has 6 nitrogen and oxygen atoms in total. The van der Waals surface area contributed by atoms with Gasteiger partial charge < -0.3 is 19.6 Å². The Hall–Kier alpha value is -1.30. The lowest BCUT2D eigenvalue weighted by Gasteiger charge is -2.35. The largest absolute Gasteiger partial charge is 0.481 e. The third-order valence-corrected chi connectivity index (χ3v) is 2.76. The molecule has 1 aliphatic rings. The number of amides is 2. The fourth-order valence-electron chi connectivity index (χ4n) is 1.81. The number of carboxylic acids is 1. The number of aliphatic carboxylic acids is 1. The number of urea groups is 1. The molecule has 0 spiro atoms. The summed E-state index contributed by atoms with van der Waals surface area (Å²) in [6, 6.07) is -0.0936. The van der Waals surface area contributed by atoms with Crippen LogP contribution in [0.4, 0.5) is 4.79 Å². The molecule has 0 aromatic carbocycles. The molecule has 0 radical (unpaired) electrons. The van der Waals surface area contributed by atoms with Crippen molar-refractivity contribution in [2.45, 2.75) is 26.4 Å². The average Bonchev–Trinajstić information content (AvgIpc) is 2.29. The van der Waals surface area contributed by atoms with Crippen molar-refractivity contribution in [2.75, 3.05) is 32.8 Å². The summed E-state index contributed by atoms with van der Waals surface area (Å²) in [5.41, 5.74) is 0. The van der Waals surface area contributed by atoms with Gasteiger partial charge in [0.05, 0.1) is 19.1 Å². The second kappa shape index (κ2) is 6.44. The molecule has 0 aliphatic carbocycles. The van der Waals surface area contributed by atoms with E-state index in [0.717, 1.165) is 0 Å². The van der Waals surface area contributed by atoms with Gasteiger partial charge in [0.1, 0.15) is 0 Å². The van der Waals surface area contributed by atoms with Crippen molar-refractivity contribution in [1.29, 1.82) is 0 Å². The molecule has 17 heavy (non-hydrogen) atoms. The van der Waals surface area contributed by atoms with Crippen molar-refractivity contribution < 1.29 is 19.4 Å². The molecular formula is C11H20N2O4. The van der Waals surface area contributed by atoms with Crippen LogP contribution in [0.1, 0.15) is 20.3 Å². The van der Waals surface area contributed by atoms with E-state index in [9.17, 15) is 9.59 Å². The first-order valence-electron chi connectivity index (χ1n) is 5.91. The highest BCUT2D eigenvalue weighted by molar-refractivity contribution is 5.75. The van der Waals surface area contributed by atoms with Crippen molar-refractivity contribution in [2.24, 2.45) is 0 Å². The van der Waals surface area contributed by atoms with Gasteiger partial charge >= 0.3 is 12.0 Å². The van der Waals surface area contributed by atoms with E-state index in [0.29, 0.717) is 26.2 Å². The molecule has 0 aromatic heterocycles. The Morgan fingerprint density at radius 1 is 1.53 bits per heavy atom. The standard InChI is InChI=1S/C11H20N2O4/c1-3-12(5-4-10(14)15)11(16)13-6-7-17-9(2)8-13/h9H,3-8H2,1-2H3,(H,14,15). The maximum atomic E-state index is 12.1. The molecule has 98 valence electrons. The maximum Gasteiger partial charge on any atom is 0.320 e. The van der Waals surface area contributed by atoms with Crippen LogP contribution in [0.3, 0.4) is 0 Å². The average molecular weight is 244 g/mol. The Morgan fingerprint density at radius 2 is 2.24 bits per heavy atom. The van der Waals surface area contributed by atoms with E-state index in [2.05, 4.69) is 0 Å². The fraction of sp³-hybridized carbons (Fsp3) is 0.818. The SMILES string of the molecule is CCN(CCC(=O)O)C(=O)N1CCOC(C)C1. The lowest BCUT2D eigenvalue weighted by atomic mass is 10.3. The minimum Gasteiger partial charge on any atom is -0.481 e. The smallest absolute Gasteiger partial charge is 0.320 e. The van der Waals surface area contributed by atoms with E-state index in [1.54, 1.807) is 9.80 Å². The summed E-state index contributed by atoms with van der Waals surface area (Å²) in [7, 11) is 0. The van der Waals surface area contributed by atoms with Crippen LogP contribution in [-0.2, 0) is 9.53 Å². The van der Waals surface area contributed by atoms with E-state index >= 15 is 0 Å². The van der Waals surface area contributed by atoms with Gasteiger partial charge in [0.15, 0.2) is 0 Å². The highest BCUT2D eigenvalue weighted by Crippen LogP contribution is 2.08. The Labute approximate surface area is 101 Å². The van der Waals surface area contributed by atoms with Crippen molar-refractivity contribution in [3.05, 3.63) is 0 Å². The molecule has 1 N–H and O–H groups in total. The summed E-state index contributed by atoms with van der Waals surface area (Å²) in [5, 5.41) is 8.62. The molecule has 6 heteroatoms. The first-order valence-corrected chi connectivity index (χ1v) is 5.91. The molecule has 0 saturated carbocycles. The first-order chi connectivity index (χ1) is 8.04. The molecule has 2 amide bonds. The topological polar surface area (TPSA) is 70.1 Å². The first kappa shape index (κ1) is 13.8. The summed E-state index contributed by atoms with van der Waals surface area (Å²) in [4.78, 5) is 25.9. The van der Waals surface area contributed by atoms with Gasteiger partial charge in [-0.3, -0.25) is 4.79 Å². The summed E-state index contributed by atoms with van der Waals surface area (Å²) in [6.07, 6.45) is 0.0327. The van der Waals surface area contributed by atoms with Crippen LogP contribution in [0.15, 0.2) is 0 Å². The molecule has 1 aliphatic heterocycles. The summed E-state index contributed by atoms with van der Waals surface area (Å²) < 4.78 is 5.36. The molecular weight excluding hydrogens is 224 g/mol. The predicted octanol–water partition coefficient (Wildman–Crippen LogP) is 0.624. The molecule has 1 heterocycles. The van der Waals surface area contributed by atoms with E-state index in [4.69, 9.17) is 9.84 Å². The monoisotopic (exact) mass is 244 g/mol. The van der Waals surface area contributed by atoms with Crippen LogP contribution in [0.25, 0.3) is 0 Å². The molecule has 1 atom stereocenters. The van der Waals surface area contributed by atoms with Crippen molar-refractivity contribution in [3.8, 4) is 0 Å². The summed E-state index contributed by atoms with van der Waals surface area (Å²) in [6.45, 7) is 6.25. The minimum absolute atomic E-state index is 0.0144. The Bertz CT molecular complexity index is 283. The fourth-order valence-corrected chi connectivity index (χ4v) is 1.81. The minimum atomic E-state index is -0.883. The van der Waals surface area contributed by atoms with Gasteiger partial charge in [-0.1, -0.05) is 0 Å². The number of ether oxygens (including phenoxy) is 1. The van der Waals surface area contributed by atoms with Gasteiger partial charge in [-0.2, -0.15) is 0 Å². The molecule has 1 unspecified atom stereocenters. The van der Waals surface area contributed by atoms with Gasteiger partial charge in [-0.15, -0.1) is 0 Å². The van der Waals surface area contributed by atoms with E-state index in [1.165, 1.54) is 0 Å². The molecule has 1 fully saturated rings. The maximum absolute atomic E-state index is 12.1. The second-order valence-corrected chi connectivity index (χ2v) is 4.13. The van der Waals surface area contributed by atoms with Crippen molar-refractivity contribution >= 4 is 12.0 Å². The molecule has 0 aromatic rings. The quantitative estimate of drug-likeness (QED) is 0.787. The zero-order valence-corrected chi connectivity index (χ0v) is 10.4. The van der Waals surface area contributed by atoms with Crippen LogP contribution in [0.5, 0.6) is 0 Å². The van der Waals surface area contributed by atoms with E-state index in [-0.39, 0.29) is 25.1 Å². The number of morpholine rings is 1. The Morgan fingerprint density at radius 3 is 2.76 bits per heavy atom. The van der Waals surface area contributed by atoms with E-state index < -0.39 is 5.97 Å². The highest BCUT2D eigenvalue weighted by Gasteiger charge is 2.25. The summed E-state index contributed by atoms with van der Waals surface area (Å²) >= 11 is 0. The number of hydrogen-bond acceptors (Lipinski definition) is 3. The normalized spacial score (nSPS) is 20.1. The number of rotatable bonds is 4. The van der Waals surface area contributed by atoms with Crippen molar-refractivity contribution in [1.82, 2.24) is 9.80 Å². The highest BCUT2D eigenvalue weighted by atomic mass is 16.5. The van der Waals surface area contributed by atoms with Crippen LogP contribution >= 0.6 is 0 Å². The van der Waals surface area contributed by atoms with Gasteiger partial charge in [-0.05, 0) is 13.8 Å². The van der Waals surface area contributed by atoms with E-state index in [1.807, 2.05) is 13.8 Å². The predicted molar refractivity (Wildman–Crippen MR) is 61.9 cm³/mol. The molecule has 0 bridgehead atoms. The number of carbonyl (C=O) groups excluding carboxylic acids is 1. The lowest BCUT2D eigenvalue weighted by Crippen LogP contribution is -2.50. The number of carboxylic acid groups (broad SMARTS) is 1. The summed E-state index contributed by atoms with van der Waals surface area (Å²) in [5.74, 6) is -0.883. The van der Waals surface area contributed by atoms with Crippen LogP contribution < -0.4 is 0 Å². The third kappa shape index (κ3) is 4.22. The second-order valence-electron chi connectivity index (χ2n) is 4.13. The lowest BCUT2D eigenvalue weighted by molar-refractivity contribution is -0.137. The molecule has 1 saturated heterocycles. The van der Waals surface area contributed by atoms with Gasteiger partial charge in [0.25, 0.3) is 0 Å². The van der Waals surface area contributed by atoms with Gasteiger partial charge in [-0.25, -0.2) is 4.79 Å². The Balaban J connectivity index is 2.49. The zero-order valence-electron chi connectivity index (χ0n) is 10.4. The number of hydrogen-bond donors (Lipinski definition) is 1. The zero-order chi connectivity index (χ0) is 12.8. The van der Waals surface area contributed by atoms with Crippen LogP contribution in [0, 0.1) is 0 Å². The van der Waals surface area contributed by atoms with Crippen LogP contribution in [-0.4, -0.2) is 65.8 Å².